The maximum atomic E-state index is 13.2. The van der Waals surface area contributed by atoms with Gasteiger partial charge in [-0.3, -0.25) is 9.78 Å². The smallest absolute Gasteiger partial charge is 0.194 e. The van der Waals surface area contributed by atoms with Crippen molar-refractivity contribution < 1.29 is 13.6 Å². The average molecular weight is 298 g/mol. The molecule has 17 heavy (non-hydrogen) atoms. The average Bonchev–Trinajstić information content (AvgIpc) is 2.32. The number of rotatable bonds is 2. The quantitative estimate of drug-likeness (QED) is 0.796. The van der Waals surface area contributed by atoms with Crippen molar-refractivity contribution in [2.45, 2.75) is 0 Å². The first-order valence-electron chi connectivity index (χ1n) is 4.68. The second-order valence-electron chi connectivity index (χ2n) is 3.35. The summed E-state index contributed by atoms with van der Waals surface area (Å²) < 4.78 is 26.4. The monoisotopic (exact) mass is 297 g/mol. The third-order valence-electron chi connectivity index (χ3n) is 2.15. The van der Waals surface area contributed by atoms with Crippen molar-refractivity contribution in [3.63, 3.8) is 0 Å². The molecule has 0 saturated heterocycles. The lowest BCUT2D eigenvalue weighted by molar-refractivity contribution is 0.103. The van der Waals surface area contributed by atoms with Crippen LogP contribution < -0.4 is 0 Å². The molecule has 1 heterocycles. The molecule has 86 valence electrons. The Hall–Kier alpha value is -1.62. The van der Waals surface area contributed by atoms with Gasteiger partial charge in [0, 0.05) is 17.3 Å². The van der Waals surface area contributed by atoms with Crippen molar-refractivity contribution in [2.75, 3.05) is 0 Å². The molecule has 0 spiro atoms. The molecule has 1 aromatic heterocycles. The number of hydrogen-bond acceptors (Lipinski definition) is 2. The number of nitrogens with zero attached hydrogens (tertiary/aromatic N) is 1. The minimum atomic E-state index is -0.603. The van der Waals surface area contributed by atoms with Crippen LogP contribution in [0.4, 0.5) is 8.78 Å². The van der Waals surface area contributed by atoms with Crippen molar-refractivity contribution in [3.05, 3.63) is 63.9 Å². The number of carbonyl (C=O) groups excluding carboxylic acids is 1. The third kappa shape index (κ3) is 2.55. The maximum Gasteiger partial charge on any atom is 0.194 e. The summed E-state index contributed by atoms with van der Waals surface area (Å²) in [5, 5.41) is 0. The number of carbonyl (C=O) groups is 1. The van der Waals surface area contributed by atoms with Crippen molar-refractivity contribution >= 4 is 21.7 Å². The SMILES string of the molecule is O=C(c1cncc(F)c1)c1ccc(Br)c(F)c1. The highest BCUT2D eigenvalue weighted by Gasteiger charge is 2.12. The van der Waals surface area contributed by atoms with Crippen LogP contribution in [0.5, 0.6) is 0 Å². The first-order chi connectivity index (χ1) is 8.08. The number of halogens is 3. The summed E-state index contributed by atoms with van der Waals surface area (Å²) in [7, 11) is 0. The fraction of sp³-hybridized carbons (Fsp3) is 0. The highest BCUT2D eigenvalue weighted by molar-refractivity contribution is 9.10. The van der Waals surface area contributed by atoms with Gasteiger partial charge in [0.15, 0.2) is 5.78 Å². The molecule has 0 saturated carbocycles. The topological polar surface area (TPSA) is 30.0 Å². The second-order valence-corrected chi connectivity index (χ2v) is 4.20. The Morgan fingerprint density at radius 2 is 1.88 bits per heavy atom. The third-order valence-corrected chi connectivity index (χ3v) is 2.79. The van der Waals surface area contributed by atoms with E-state index in [0.29, 0.717) is 0 Å². The van der Waals surface area contributed by atoms with E-state index in [1.165, 1.54) is 18.3 Å². The van der Waals surface area contributed by atoms with Crippen LogP contribution in [0.2, 0.25) is 0 Å². The van der Waals surface area contributed by atoms with Gasteiger partial charge in [-0.2, -0.15) is 0 Å². The highest BCUT2D eigenvalue weighted by Crippen LogP contribution is 2.18. The minimum Gasteiger partial charge on any atom is -0.289 e. The summed E-state index contributed by atoms with van der Waals surface area (Å²) in [5.41, 5.74) is 0.241. The van der Waals surface area contributed by atoms with Gasteiger partial charge in [-0.15, -0.1) is 0 Å². The van der Waals surface area contributed by atoms with Gasteiger partial charge in [0.25, 0.3) is 0 Å². The van der Waals surface area contributed by atoms with E-state index < -0.39 is 17.4 Å². The van der Waals surface area contributed by atoms with E-state index in [1.54, 1.807) is 0 Å². The van der Waals surface area contributed by atoms with Gasteiger partial charge in [-0.05, 0) is 40.2 Å². The molecule has 2 aromatic rings. The van der Waals surface area contributed by atoms with Crippen LogP contribution in [0.15, 0.2) is 41.1 Å². The van der Waals surface area contributed by atoms with Gasteiger partial charge in [0.05, 0.1) is 10.7 Å². The van der Waals surface area contributed by atoms with Crippen LogP contribution in [0.1, 0.15) is 15.9 Å². The molecular weight excluding hydrogens is 292 g/mol. The zero-order valence-corrected chi connectivity index (χ0v) is 10.0. The molecular formula is C12H6BrF2NO. The van der Waals surface area contributed by atoms with Crippen LogP contribution in [-0.4, -0.2) is 10.8 Å². The number of ketones is 1. The Morgan fingerprint density at radius 1 is 1.12 bits per heavy atom. The van der Waals surface area contributed by atoms with E-state index in [-0.39, 0.29) is 15.6 Å². The highest BCUT2D eigenvalue weighted by atomic mass is 79.9. The molecule has 2 rings (SSSR count). The van der Waals surface area contributed by atoms with E-state index in [9.17, 15) is 13.6 Å². The number of aromatic nitrogens is 1. The Balaban J connectivity index is 2.40. The summed E-state index contributed by atoms with van der Waals surface area (Å²) >= 11 is 2.99. The lowest BCUT2D eigenvalue weighted by Gasteiger charge is -2.02. The van der Waals surface area contributed by atoms with Crippen molar-refractivity contribution in [1.82, 2.24) is 4.98 Å². The number of hydrogen-bond donors (Lipinski definition) is 0. The van der Waals surface area contributed by atoms with Crippen molar-refractivity contribution in [3.8, 4) is 0 Å². The summed E-state index contributed by atoms with van der Waals surface area (Å²) in [6.07, 6.45) is 2.24. The van der Waals surface area contributed by atoms with E-state index in [2.05, 4.69) is 20.9 Å². The predicted molar refractivity (Wildman–Crippen MR) is 61.7 cm³/mol. The van der Waals surface area contributed by atoms with Gasteiger partial charge < -0.3 is 0 Å². The van der Waals surface area contributed by atoms with Crippen LogP contribution in [0.25, 0.3) is 0 Å². The molecule has 0 bridgehead atoms. The van der Waals surface area contributed by atoms with E-state index in [4.69, 9.17) is 0 Å². The molecule has 0 fully saturated rings. The Kier molecular flexibility index (Phi) is 3.28. The summed E-state index contributed by atoms with van der Waals surface area (Å²) in [6, 6.07) is 5.04. The normalized spacial score (nSPS) is 10.3. The summed E-state index contributed by atoms with van der Waals surface area (Å²) in [5.74, 6) is -1.61. The second kappa shape index (κ2) is 4.71. The van der Waals surface area contributed by atoms with Gasteiger partial charge in [-0.1, -0.05) is 0 Å². The Morgan fingerprint density at radius 3 is 2.53 bits per heavy atom. The largest absolute Gasteiger partial charge is 0.289 e. The van der Waals surface area contributed by atoms with Crippen molar-refractivity contribution in [1.29, 1.82) is 0 Å². The van der Waals surface area contributed by atoms with Crippen LogP contribution in [-0.2, 0) is 0 Å². The van der Waals surface area contributed by atoms with Gasteiger partial charge >= 0.3 is 0 Å². The van der Waals surface area contributed by atoms with Gasteiger partial charge in [0.1, 0.15) is 11.6 Å². The summed E-state index contributed by atoms with van der Waals surface area (Å²) in [6.45, 7) is 0. The first-order valence-corrected chi connectivity index (χ1v) is 5.47. The first kappa shape index (κ1) is 11.9. The molecule has 1 aromatic carbocycles. The molecule has 5 heteroatoms. The molecule has 0 aliphatic carbocycles. The van der Waals surface area contributed by atoms with Crippen LogP contribution in [0.3, 0.4) is 0 Å². The molecule has 0 amide bonds. The van der Waals surface area contributed by atoms with Crippen LogP contribution >= 0.6 is 15.9 Å². The molecule has 0 atom stereocenters. The fourth-order valence-electron chi connectivity index (χ4n) is 1.34. The lowest BCUT2D eigenvalue weighted by Crippen LogP contribution is -2.03. The minimum absolute atomic E-state index is 0.0896. The van der Waals surface area contributed by atoms with Gasteiger partial charge in [0.2, 0.25) is 0 Å². The number of pyridine rings is 1. The van der Waals surface area contributed by atoms with E-state index in [1.807, 2.05) is 0 Å². The van der Waals surface area contributed by atoms with E-state index in [0.717, 1.165) is 18.3 Å². The van der Waals surface area contributed by atoms with Crippen LogP contribution in [0, 0.1) is 11.6 Å². The molecule has 2 nitrogen and oxygen atoms in total. The van der Waals surface area contributed by atoms with Gasteiger partial charge in [-0.25, -0.2) is 8.78 Å². The maximum absolute atomic E-state index is 13.2. The summed E-state index contributed by atoms with van der Waals surface area (Å²) in [4.78, 5) is 15.4. The molecule has 0 unspecified atom stereocenters. The fourth-order valence-corrected chi connectivity index (χ4v) is 1.59. The van der Waals surface area contributed by atoms with E-state index >= 15 is 0 Å². The molecule has 0 aliphatic rings. The van der Waals surface area contributed by atoms with Crippen molar-refractivity contribution in [2.24, 2.45) is 0 Å². The molecule has 0 N–H and O–H groups in total. The molecule has 0 aliphatic heterocycles. The lowest BCUT2D eigenvalue weighted by atomic mass is 10.1. The Labute approximate surface area is 104 Å². The predicted octanol–water partition coefficient (Wildman–Crippen LogP) is 3.35. The molecule has 0 radical (unpaired) electrons. The standard InChI is InChI=1S/C12H6BrF2NO/c13-10-2-1-7(4-11(10)15)12(17)8-3-9(14)6-16-5-8/h1-6H. The Bertz CT molecular complexity index is 586. The number of benzene rings is 1. The zero-order chi connectivity index (χ0) is 12.4. The zero-order valence-electron chi connectivity index (χ0n) is 8.45.